The summed E-state index contributed by atoms with van der Waals surface area (Å²) in [6, 6.07) is 20.1. The van der Waals surface area contributed by atoms with Gasteiger partial charge >= 0.3 is 0 Å². The molecule has 0 radical (unpaired) electrons. The number of nitrogens with zero attached hydrogens (tertiary/aromatic N) is 1. The van der Waals surface area contributed by atoms with Gasteiger partial charge in [-0.3, -0.25) is 4.79 Å². The zero-order valence-electron chi connectivity index (χ0n) is 17.5. The molecule has 6 nitrogen and oxygen atoms in total. The second kappa shape index (κ2) is 9.32. The smallest absolute Gasteiger partial charge is 0.244 e. The largest absolute Gasteiger partial charge is 0.497 e. The molecule has 0 spiro atoms. The Kier molecular flexibility index (Phi) is 6.50. The van der Waals surface area contributed by atoms with Gasteiger partial charge in [0.05, 0.1) is 12.0 Å². The van der Waals surface area contributed by atoms with E-state index in [0.717, 1.165) is 16.7 Å². The van der Waals surface area contributed by atoms with Crippen molar-refractivity contribution in [3.63, 3.8) is 0 Å². The summed E-state index contributed by atoms with van der Waals surface area (Å²) >= 11 is 5.92. The molecule has 0 bridgehead atoms. The first-order valence-corrected chi connectivity index (χ1v) is 11.9. The number of hydrogen-bond donors (Lipinski definition) is 1. The van der Waals surface area contributed by atoms with Crippen molar-refractivity contribution in [3.8, 4) is 5.75 Å². The highest BCUT2D eigenvalue weighted by Gasteiger charge is 2.39. The van der Waals surface area contributed by atoms with Crippen molar-refractivity contribution in [3.05, 3.63) is 94.5 Å². The zero-order chi connectivity index (χ0) is 22.7. The Bertz CT molecular complexity index is 1210. The Labute approximate surface area is 192 Å². The summed E-state index contributed by atoms with van der Waals surface area (Å²) < 4.78 is 33.4. The van der Waals surface area contributed by atoms with Crippen molar-refractivity contribution in [1.82, 2.24) is 9.62 Å². The molecule has 0 aliphatic carbocycles. The number of carbonyl (C=O) groups excluding carboxylic acids is 1. The number of ether oxygens (including phenoxy) is 1. The zero-order valence-corrected chi connectivity index (χ0v) is 19.1. The number of benzene rings is 3. The Morgan fingerprint density at radius 2 is 1.69 bits per heavy atom. The van der Waals surface area contributed by atoms with Crippen LogP contribution < -0.4 is 10.1 Å². The van der Waals surface area contributed by atoms with Gasteiger partial charge in [0.2, 0.25) is 15.9 Å². The predicted molar refractivity (Wildman–Crippen MR) is 123 cm³/mol. The average Bonchev–Trinajstić information content (AvgIpc) is 2.82. The van der Waals surface area contributed by atoms with Gasteiger partial charge in [-0.1, -0.05) is 48.0 Å². The lowest BCUT2D eigenvalue weighted by atomic mass is 9.95. The van der Waals surface area contributed by atoms with E-state index in [0.29, 0.717) is 17.2 Å². The maximum absolute atomic E-state index is 13.5. The number of amides is 1. The van der Waals surface area contributed by atoms with Gasteiger partial charge in [0.15, 0.2) is 0 Å². The fraction of sp³-hybridized carbons (Fsp3) is 0.208. The monoisotopic (exact) mass is 470 g/mol. The fourth-order valence-electron chi connectivity index (χ4n) is 3.77. The second-order valence-electron chi connectivity index (χ2n) is 7.56. The molecule has 8 heteroatoms. The van der Waals surface area contributed by atoms with Gasteiger partial charge in [-0.2, -0.15) is 4.31 Å². The number of sulfonamides is 1. The fourth-order valence-corrected chi connectivity index (χ4v) is 5.46. The Morgan fingerprint density at radius 3 is 2.34 bits per heavy atom. The highest BCUT2D eigenvalue weighted by atomic mass is 35.5. The van der Waals surface area contributed by atoms with Crippen LogP contribution in [0.1, 0.15) is 16.7 Å². The van der Waals surface area contributed by atoms with E-state index in [9.17, 15) is 13.2 Å². The van der Waals surface area contributed by atoms with E-state index in [2.05, 4.69) is 5.32 Å². The third-order valence-electron chi connectivity index (χ3n) is 5.55. The molecule has 1 heterocycles. The van der Waals surface area contributed by atoms with Gasteiger partial charge in [-0.25, -0.2) is 8.42 Å². The minimum absolute atomic E-state index is 0.119. The summed E-state index contributed by atoms with van der Waals surface area (Å²) in [5.41, 5.74) is 2.75. The van der Waals surface area contributed by atoms with E-state index < -0.39 is 16.1 Å². The molecular weight excluding hydrogens is 448 g/mol. The molecule has 166 valence electrons. The van der Waals surface area contributed by atoms with Crippen LogP contribution in [0.3, 0.4) is 0 Å². The molecule has 1 aliphatic rings. The third-order valence-corrected chi connectivity index (χ3v) is 7.68. The van der Waals surface area contributed by atoms with Gasteiger partial charge in [0.25, 0.3) is 0 Å². The lowest BCUT2D eigenvalue weighted by Gasteiger charge is -2.35. The summed E-state index contributed by atoms with van der Waals surface area (Å²) in [4.78, 5) is 13.3. The number of nitrogens with one attached hydrogen (secondary N) is 1. The first-order valence-electron chi connectivity index (χ1n) is 10.1. The molecule has 4 rings (SSSR count). The lowest BCUT2D eigenvalue weighted by molar-refractivity contribution is -0.125. The van der Waals surface area contributed by atoms with Crippen LogP contribution in [0.15, 0.2) is 77.7 Å². The molecule has 3 aromatic carbocycles. The van der Waals surface area contributed by atoms with Crippen molar-refractivity contribution >= 4 is 27.5 Å². The van der Waals surface area contributed by atoms with Gasteiger partial charge < -0.3 is 10.1 Å². The van der Waals surface area contributed by atoms with Gasteiger partial charge in [-0.15, -0.1) is 0 Å². The lowest BCUT2D eigenvalue weighted by Crippen LogP contribution is -2.52. The standard InChI is InChI=1S/C24H23ClN2O4S/c1-31-21-10-12-22(13-11-21)32(29,30)27-16-19-5-3-2-4-18(19)14-23(27)24(28)26-15-17-6-8-20(25)9-7-17/h2-13,23H,14-16H2,1H3,(H,26,28)/t23-/m0/s1. The van der Waals surface area contributed by atoms with Crippen LogP contribution in [0.2, 0.25) is 5.02 Å². The minimum atomic E-state index is -3.91. The second-order valence-corrected chi connectivity index (χ2v) is 9.89. The maximum Gasteiger partial charge on any atom is 0.244 e. The molecule has 3 aromatic rings. The van der Waals surface area contributed by atoms with Crippen molar-refractivity contribution in [2.75, 3.05) is 7.11 Å². The van der Waals surface area contributed by atoms with Crippen LogP contribution >= 0.6 is 11.6 Å². The van der Waals surface area contributed by atoms with Crippen LogP contribution in [-0.4, -0.2) is 31.8 Å². The number of fused-ring (bicyclic) bond motifs is 1. The van der Waals surface area contributed by atoms with Crippen LogP contribution in [0.25, 0.3) is 0 Å². The first kappa shape index (κ1) is 22.3. The highest BCUT2D eigenvalue weighted by molar-refractivity contribution is 7.89. The number of halogens is 1. The Morgan fingerprint density at radius 1 is 1.03 bits per heavy atom. The maximum atomic E-state index is 13.5. The summed E-state index contributed by atoms with van der Waals surface area (Å²) in [7, 11) is -2.39. The number of hydrogen-bond acceptors (Lipinski definition) is 4. The quantitative estimate of drug-likeness (QED) is 0.595. The van der Waals surface area contributed by atoms with E-state index in [-0.39, 0.29) is 23.9 Å². The topological polar surface area (TPSA) is 75.7 Å². The number of carbonyl (C=O) groups is 1. The van der Waals surface area contributed by atoms with Crippen molar-refractivity contribution in [2.24, 2.45) is 0 Å². The van der Waals surface area contributed by atoms with Crippen LogP contribution in [-0.2, 0) is 34.3 Å². The molecule has 32 heavy (non-hydrogen) atoms. The van der Waals surface area contributed by atoms with Crippen LogP contribution in [0, 0.1) is 0 Å². The van der Waals surface area contributed by atoms with E-state index >= 15 is 0 Å². The highest BCUT2D eigenvalue weighted by Crippen LogP contribution is 2.30. The Hall–Kier alpha value is -2.87. The molecule has 0 fully saturated rings. The number of rotatable bonds is 6. The van der Waals surface area contributed by atoms with Gasteiger partial charge in [0, 0.05) is 18.1 Å². The summed E-state index contributed by atoms with van der Waals surface area (Å²) in [6.07, 6.45) is 0.304. The van der Waals surface area contributed by atoms with Crippen molar-refractivity contribution < 1.29 is 17.9 Å². The van der Waals surface area contributed by atoms with E-state index in [1.807, 2.05) is 36.4 Å². The molecular formula is C24H23ClN2O4S. The molecule has 1 atom stereocenters. The Balaban J connectivity index is 1.62. The van der Waals surface area contributed by atoms with E-state index in [1.54, 1.807) is 24.3 Å². The normalized spacial score (nSPS) is 16.2. The number of methoxy groups -OCH3 is 1. The van der Waals surface area contributed by atoms with Gasteiger partial charge in [-0.05, 0) is 59.5 Å². The van der Waals surface area contributed by atoms with Crippen LogP contribution in [0.4, 0.5) is 0 Å². The summed E-state index contributed by atoms with van der Waals surface area (Å²) in [6.45, 7) is 0.411. The predicted octanol–water partition coefficient (Wildman–Crippen LogP) is 3.78. The van der Waals surface area contributed by atoms with E-state index in [4.69, 9.17) is 16.3 Å². The molecule has 1 aliphatic heterocycles. The van der Waals surface area contributed by atoms with E-state index in [1.165, 1.54) is 23.5 Å². The first-order chi connectivity index (χ1) is 15.4. The molecule has 0 saturated heterocycles. The van der Waals surface area contributed by atoms with Crippen molar-refractivity contribution in [2.45, 2.75) is 30.4 Å². The third kappa shape index (κ3) is 4.65. The SMILES string of the molecule is COc1ccc(S(=O)(=O)N2Cc3ccccc3C[C@H]2C(=O)NCc2ccc(Cl)cc2)cc1. The molecule has 1 N–H and O–H groups in total. The summed E-state index contributed by atoms with van der Waals surface area (Å²) in [5.74, 6) is 0.219. The van der Waals surface area contributed by atoms with Crippen LogP contribution in [0.5, 0.6) is 5.75 Å². The average molecular weight is 471 g/mol. The van der Waals surface area contributed by atoms with Crippen molar-refractivity contribution in [1.29, 1.82) is 0 Å². The molecule has 0 saturated carbocycles. The molecule has 0 aromatic heterocycles. The molecule has 0 unspecified atom stereocenters. The molecule has 1 amide bonds. The minimum Gasteiger partial charge on any atom is -0.497 e. The summed E-state index contributed by atoms with van der Waals surface area (Å²) in [5, 5.41) is 3.49. The van der Waals surface area contributed by atoms with Gasteiger partial charge in [0.1, 0.15) is 11.8 Å².